The fourth-order valence-electron chi connectivity index (χ4n) is 9.82. The maximum atomic E-state index is 14.5. The molecular weight excluding hydrogens is 969 g/mol. The topological polar surface area (TPSA) is 241 Å². The van der Waals surface area contributed by atoms with E-state index in [-0.39, 0.29) is 74.4 Å². The zero-order valence-electron chi connectivity index (χ0n) is 47.9. The van der Waals surface area contributed by atoms with Crippen LogP contribution in [0.5, 0.6) is 0 Å². The Labute approximate surface area is 447 Å². The Kier molecular flexibility index (Phi) is 29.6. The first-order chi connectivity index (χ1) is 35.4. The number of ether oxygens (including phenoxy) is 6. The van der Waals surface area contributed by atoms with Crippen molar-refractivity contribution in [3.8, 4) is 0 Å². The van der Waals surface area contributed by atoms with Crippen LogP contribution in [0.2, 0.25) is 0 Å². The van der Waals surface area contributed by atoms with Crippen LogP contribution in [0.25, 0.3) is 0 Å². The minimum atomic E-state index is -1.08. The van der Waals surface area contributed by atoms with E-state index in [2.05, 4.69) is 16.0 Å². The van der Waals surface area contributed by atoms with Gasteiger partial charge in [0.05, 0.1) is 61.4 Å². The van der Waals surface area contributed by atoms with Gasteiger partial charge in [0.25, 0.3) is 0 Å². The highest BCUT2D eigenvalue weighted by Crippen LogP contribution is 2.31. The van der Waals surface area contributed by atoms with E-state index in [1.807, 2.05) is 73.5 Å². The van der Waals surface area contributed by atoms with Crippen LogP contribution in [0.4, 0.5) is 0 Å². The van der Waals surface area contributed by atoms with Gasteiger partial charge in [-0.2, -0.15) is 0 Å². The number of amides is 5. The Morgan fingerprint density at radius 3 is 1.99 bits per heavy atom. The maximum Gasteiger partial charge on any atom is 0.329 e. The van der Waals surface area contributed by atoms with Crippen molar-refractivity contribution < 1.29 is 67.1 Å². The van der Waals surface area contributed by atoms with Crippen LogP contribution in [0.15, 0.2) is 30.3 Å². The van der Waals surface area contributed by atoms with E-state index in [1.165, 1.54) is 28.3 Å². The largest absolute Gasteiger partial charge is 0.460 e. The van der Waals surface area contributed by atoms with Crippen molar-refractivity contribution in [2.45, 2.75) is 188 Å². The number of aliphatic hydroxyl groups is 1. The van der Waals surface area contributed by atoms with E-state index in [0.717, 1.165) is 0 Å². The summed E-state index contributed by atoms with van der Waals surface area (Å²) >= 11 is 0. The van der Waals surface area contributed by atoms with E-state index in [9.17, 15) is 38.7 Å². The summed E-state index contributed by atoms with van der Waals surface area (Å²) in [4.78, 5) is 101. The lowest BCUT2D eigenvalue weighted by Gasteiger charge is -2.41. The minimum absolute atomic E-state index is 0.00958. The predicted octanol–water partition coefficient (Wildman–Crippen LogP) is 4.40. The number of likely N-dealkylation sites (tertiary alicyclic amines) is 1. The number of hydrogen-bond acceptors (Lipinski definition) is 15. The number of hydrogen-bond donors (Lipinski definition) is 4. The molecule has 4 N–H and O–H groups in total. The van der Waals surface area contributed by atoms with E-state index >= 15 is 0 Å². The summed E-state index contributed by atoms with van der Waals surface area (Å²) in [7, 11) is 9.82. The molecule has 0 spiro atoms. The molecule has 75 heavy (non-hydrogen) atoms. The van der Waals surface area contributed by atoms with Crippen molar-refractivity contribution >= 4 is 41.5 Å². The van der Waals surface area contributed by atoms with Gasteiger partial charge in [-0.05, 0) is 76.9 Å². The zero-order chi connectivity index (χ0) is 56.7. The van der Waals surface area contributed by atoms with Crippen LogP contribution in [0.3, 0.4) is 0 Å². The number of nitrogens with one attached hydrogen (secondary N) is 3. The Hall–Kier alpha value is -4.73. The Morgan fingerprint density at radius 2 is 1.45 bits per heavy atom. The number of benzene rings is 1. The van der Waals surface area contributed by atoms with Gasteiger partial charge in [-0.1, -0.05) is 92.1 Å². The molecule has 20 heteroatoms. The number of rotatable bonds is 34. The van der Waals surface area contributed by atoms with Crippen LogP contribution < -0.4 is 16.0 Å². The fourth-order valence-corrected chi connectivity index (χ4v) is 9.82. The first-order valence-corrected chi connectivity index (χ1v) is 26.8. The molecule has 1 heterocycles. The van der Waals surface area contributed by atoms with Gasteiger partial charge in [0.15, 0.2) is 6.29 Å². The molecule has 1 aliphatic rings. The lowest BCUT2D eigenvalue weighted by molar-refractivity contribution is -0.194. The van der Waals surface area contributed by atoms with Crippen molar-refractivity contribution in [2.75, 3.05) is 62.2 Å². The highest BCUT2D eigenvalue weighted by atomic mass is 16.7. The lowest BCUT2D eigenvalue weighted by Crippen LogP contribution is -2.59. The third-order valence-electron chi connectivity index (χ3n) is 14.3. The molecule has 0 bridgehead atoms. The molecule has 0 aliphatic carbocycles. The standard InChI is InChI=1S/C55H94N6O14/c1-17-35(7)49(60(13)54(68)47(33(3)4)58-53(67)48(34(5)6)59(11)12)42(70-14)30-44(64)61-29-23-26-41(61)50(72-16)36(8)52(66)57-37(9)51(39-24-20-19-21-25-39)75-55(69)38(10)56-43(63)27-22-28-45(65)73-32-46(71-15)74-40(18-2)31-62/h19-21,24-25,33-38,40-42,46-51,62H,17-18,22-23,26-32H2,1-16H3,(H,56,63)(H,57,66)(H,58,67)/t35-,36+,37+,38+,40?,41-,42+,46?,47?,48-,49-,50+,51?/m0/s1. The first-order valence-electron chi connectivity index (χ1n) is 26.8. The maximum absolute atomic E-state index is 14.5. The summed E-state index contributed by atoms with van der Waals surface area (Å²) in [6.07, 6.45) is -1.25. The monoisotopic (exact) mass is 1060 g/mol. The van der Waals surface area contributed by atoms with E-state index < -0.39 is 96.6 Å². The molecule has 4 unspecified atom stereocenters. The van der Waals surface area contributed by atoms with Gasteiger partial charge in [-0.3, -0.25) is 33.7 Å². The molecule has 1 aromatic rings. The zero-order valence-corrected chi connectivity index (χ0v) is 47.9. The smallest absolute Gasteiger partial charge is 0.329 e. The molecule has 1 aromatic carbocycles. The van der Waals surface area contributed by atoms with E-state index in [1.54, 1.807) is 55.0 Å². The summed E-state index contributed by atoms with van der Waals surface area (Å²) in [5, 5.41) is 18.1. The average Bonchev–Trinajstić information content (AvgIpc) is 3.86. The molecule has 1 aliphatic heterocycles. The van der Waals surface area contributed by atoms with Crippen LogP contribution in [0.1, 0.15) is 132 Å². The molecule has 5 amide bonds. The molecule has 428 valence electrons. The van der Waals surface area contributed by atoms with Crippen molar-refractivity contribution in [3.05, 3.63) is 35.9 Å². The SMILES string of the molecule is CCC(CO)OC(COC(=O)CCCC(=O)N[C@H](C)C(=O)OC(c1ccccc1)[C@@H](C)NC(=O)[C@H](C)[C@@H](OC)[C@@H]1CCCN1C(=O)C[C@@H](OC)[C@H]([C@@H](C)CC)N(C)C(=O)C(NC(=O)[C@H](C(C)C)N(C)C)C(C)C)OC. The van der Waals surface area contributed by atoms with Crippen LogP contribution >= 0.6 is 0 Å². The summed E-state index contributed by atoms with van der Waals surface area (Å²) in [6, 6.07) is 4.85. The number of carbonyl (C=O) groups is 7. The van der Waals surface area contributed by atoms with Gasteiger partial charge in [-0.25, -0.2) is 4.79 Å². The predicted molar refractivity (Wildman–Crippen MR) is 284 cm³/mol. The normalized spacial score (nSPS) is 18.6. The second kappa shape index (κ2) is 33.4. The van der Waals surface area contributed by atoms with Crippen LogP contribution in [-0.2, 0) is 62.0 Å². The van der Waals surface area contributed by atoms with E-state index in [0.29, 0.717) is 37.8 Å². The molecule has 20 nitrogen and oxygen atoms in total. The van der Waals surface area contributed by atoms with Gasteiger partial charge in [-0.15, -0.1) is 0 Å². The number of aliphatic hydroxyl groups excluding tert-OH is 1. The van der Waals surface area contributed by atoms with Crippen molar-refractivity contribution in [2.24, 2.45) is 23.7 Å². The Bertz CT molecular complexity index is 1910. The molecule has 0 radical (unpaired) electrons. The minimum Gasteiger partial charge on any atom is -0.460 e. The second-order valence-electron chi connectivity index (χ2n) is 20.9. The number of nitrogens with zero attached hydrogens (tertiary/aromatic N) is 3. The number of esters is 2. The quantitative estimate of drug-likeness (QED) is 0.0553. The van der Waals surface area contributed by atoms with Gasteiger partial charge < -0.3 is 59.3 Å². The van der Waals surface area contributed by atoms with Gasteiger partial charge in [0.1, 0.15) is 24.8 Å². The van der Waals surface area contributed by atoms with Gasteiger partial charge in [0.2, 0.25) is 29.5 Å². The molecular formula is C55H94N6O14. The number of likely N-dealkylation sites (N-methyl/N-ethyl adjacent to an activating group) is 2. The van der Waals surface area contributed by atoms with Crippen molar-refractivity contribution in [1.82, 2.24) is 30.7 Å². The molecule has 13 atom stereocenters. The lowest BCUT2D eigenvalue weighted by atomic mass is 9.89. The van der Waals surface area contributed by atoms with Crippen LogP contribution in [-0.4, -0.2) is 184 Å². The Morgan fingerprint density at radius 1 is 0.800 bits per heavy atom. The van der Waals surface area contributed by atoms with Crippen LogP contribution in [0, 0.1) is 23.7 Å². The van der Waals surface area contributed by atoms with Gasteiger partial charge in [0, 0.05) is 47.8 Å². The number of carbonyl (C=O) groups excluding carboxylic acids is 7. The van der Waals surface area contributed by atoms with Gasteiger partial charge >= 0.3 is 11.9 Å². The molecule has 0 saturated carbocycles. The first kappa shape index (κ1) is 66.4. The second-order valence-corrected chi connectivity index (χ2v) is 20.9. The fraction of sp³-hybridized carbons (Fsp3) is 0.764. The average molecular weight is 1060 g/mol. The molecule has 2 rings (SSSR count). The third-order valence-corrected chi connectivity index (χ3v) is 14.3. The summed E-state index contributed by atoms with van der Waals surface area (Å²) in [5.74, 6) is -3.96. The third kappa shape index (κ3) is 20.3. The highest BCUT2D eigenvalue weighted by molar-refractivity contribution is 5.90. The molecule has 1 fully saturated rings. The molecule has 1 saturated heterocycles. The van der Waals surface area contributed by atoms with E-state index in [4.69, 9.17) is 28.4 Å². The summed E-state index contributed by atoms with van der Waals surface area (Å²) < 4.78 is 34.0. The van der Waals surface area contributed by atoms with Crippen molar-refractivity contribution in [3.63, 3.8) is 0 Å². The molecule has 0 aromatic heterocycles. The summed E-state index contributed by atoms with van der Waals surface area (Å²) in [5.41, 5.74) is 0.603. The Balaban J connectivity index is 2.17. The van der Waals surface area contributed by atoms with Crippen molar-refractivity contribution in [1.29, 1.82) is 0 Å². The number of methoxy groups -OCH3 is 3. The summed E-state index contributed by atoms with van der Waals surface area (Å²) in [6.45, 7) is 18.6. The highest BCUT2D eigenvalue weighted by Gasteiger charge is 2.44.